The number of rotatable bonds is 3. The van der Waals surface area contributed by atoms with Gasteiger partial charge >= 0.3 is 0 Å². The Morgan fingerprint density at radius 3 is 2.68 bits per heavy atom. The van der Waals surface area contributed by atoms with Crippen LogP contribution in [-0.4, -0.2) is 28.9 Å². The fourth-order valence-corrected chi connectivity index (χ4v) is 2.65. The Bertz CT molecular complexity index is 470. The molecule has 1 amide bonds. The third-order valence-electron chi connectivity index (χ3n) is 3.72. The summed E-state index contributed by atoms with van der Waals surface area (Å²) in [5.74, 6) is 0.256. The van der Waals surface area contributed by atoms with E-state index in [-0.39, 0.29) is 11.8 Å². The van der Waals surface area contributed by atoms with Crippen LogP contribution < -0.4 is 5.73 Å². The van der Waals surface area contributed by atoms with Gasteiger partial charge in [-0.1, -0.05) is 31.3 Å². The van der Waals surface area contributed by atoms with E-state index in [9.17, 15) is 4.79 Å². The lowest BCUT2D eigenvalue weighted by molar-refractivity contribution is 0.0703. The molecule has 1 aromatic rings. The van der Waals surface area contributed by atoms with Crippen molar-refractivity contribution in [2.45, 2.75) is 26.2 Å². The molecular weight excluding hydrogens is 256 g/mol. The second kappa shape index (κ2) is 6.15. The number of likely N-dealkylation sites (tertiary alicyclic amines) is 1. The minimum Gasteiger partial charge on any atom is -0.393 e. The first-order valence-corrected chi connectivity index (χ1v) is 7.20. The lowest BCUT2D eigenvalue weighted by Crippen LogP contribution is -2.43. The lowest BCUT2D eigenvalue weighted by Gasteiger charge is -2.32. The molecule has 1 unspecified atom stereocenters. The molecule has 1 aliphatic rings. The van der Waals surface area contributed by atoms with E-state index in [0.29, 0.717) is 11.5 Å². The molecule has 1 fully saturated rings. The van der Waals surface area contributed by atoms with Crippen LogP contribution in [0.3, 0.4) is 0 Å². The van der Waals surface area contributed by atoms with Crippen LogP contribution in [0.25, 0.3) is 0 Å². The van der Waals surface area contributed by atoms with Gasteiger partial charge in [-0.15, -0.1) is 0 Å². The number of amides is 1. The predicted octanol–water partition coefficient (Wildman–Crippen LogP) is 2.39. The molecule has 0 radical (unpaired) electrons. The van der Waals surface area contributed by atoms with Crippen molar-refractivity contribution in [3.63, 3.8) is 0 Å². The summed E-state index contributed by atoms with van der Waals surface area (Å²) in [5.41, 5.74) is 7.70. The van der Waals surface area contributed by atoms with Gasteiger partial charge in [0.05, 0.1) is 4.99 Å². The van der Waals surface area contributed by atoms with E-state index in [0.717, 1.165) is 31.4 Å². The van der Waals surface area contributed by atoms with Crippen LogP contribution in [0.15, 0.2) is 24.3 Å². The van der Waals surface area contributed by atoms with E-state index in [1.165, 1.54) is 5.56 Å². The monoisotopic (exact) mass is 276 g/mol. The number of nitrogens with zero attached hydrogens (tertiary/aromatic N) is 1. The van der Waals surface area contributed by atoms with E-state index >= 15 is 0 Å². The van der Waals surface area contributed by atoms with Crippen LogP contribution in [0.1, 0.15) is 35.7 Å². The molecule has 1 atom stereocenters. The number of nitrogens with two attached hydrogens (primary N) is 1. The molecule has 102 valence electrons. The fourth-order valence-electron chi connectivity index (χ4n) is 2.46. The van der Waals surface area contributed by atoms with Crippen molar-refractivity contribution in [1.82, 2.24) is 4.90 Å². The minimum atomic E-state index is 0.0867. The van der Waals surface area contributed by atoms with Crippen molar-refractivity contribution in [2.75, 3.05) is 13.1 Å². The topological polar surface area (TPSA) is 46.3 Å². The van der Waals surface area contributed by atoms with Crippen molar-refractivity contribution in [1.29, 1.82) is 0 Å². The molecule has 1 aliphatic heterocycles. The van der Waals surface area contributed by atoms with Crippen molar-refractivity contribution in [3.8, 4) is 0 Å². The summed E-state index contributed by atoms with van der Waals surface area (Å²) in [6.45, 7) is 3.56. The highest BCUT2D eigenvalue weighted by atomic mass is 32.1. The Morgan fingerprint density at radius 2 is 2.11 bits per heavy atom. The molecular formula is C15H20N2OS. The predicted molar refractivity (Wildman–Crippen MR) is 81.2 cm³/mol. The lowest BCUT2D eigenvalue weighted by atomic mass is 9.97. The van der Waals surface area contributed by atoms with Gasteiger partial charge in [0.2, 0.25) is 0 Å². The average molecular weight is 276 g/mol. The summed E-state index contributed by atoms with van der Waals surface area (Å²) in [5, 5.41) is 0. The molecule has 0 bridgehead atoms. The first-order chi connectivity index (χ1) is 9.11. The Morgan fingerprint density at radius 1 is 1.42 bits per heavy atom. The molecule has 2 rings (SSSR count). The van der Waals surface area contributed by atoms with Gasteiger partial charge in [0.25, 0.3) is 5.91 Å². The fraction of sp³-hybridized carbons (Fsp3) is 0.467. The van der Waals surface area contributed by atoms with Gasteiger partial charge in [-0.25, -0.2) is 0 Å². The molecule has 3 nitrogen and oxygen atoms in total. The zero-order valence-corrected chi connectivity index (χ0v) is 12.1. The number of hydrogen-bond acceptors (Lipinski definition) is 2. The Kier molecular flexibility index (Phi) is 4.53. The molecule has 0 spiro atoms. The number of thiocarbonyl (C=S) groups is 1. The summed E-state index contributed by atoms with van der Waals surface area (Å²) in [6, 6.07) is 7.85. The first-order valence-electron chi connectivity index (χ1n) is 6.79. The normalized spacial score (nSPS) is 19.2. The van der Waals surface area contributed by atoms with Gasteiger partial charge in [0, 0.05) is 24.6 Å². The summed E-state index contributed by atoms with van der Waals surface area (Å²) in [7, 11) is 0. The summed E-state index contributed by atoms with van der Waals surface area (Å²) >= 11 is 5.04. The number of piperidine rings is 1. The third-order valence-corrected chi connectivity index (χ3v) is 4.05. The molecule has 1 heterocycles. The van der Waals surface area contributed by atoms with E-state index in [1.54, 1.807) is 0 Å². The smallest absolute Gasteiger partial charge is 0.253 e. The van der Waals surface area contributed by atoms with Crippen LogP contribution in [0.2, 0.25) is 0 Å². The van der Waals surface area contributed by atoms with Gasteiger partial charge in [0.15, 0.2) is 0 Å². The van der Waals surface area contributed by atoms with Crippen molar-refractivity contribution < 1.29 is 4.79 Å². The van der Waals surface area contributed by atoms with Crippen LogP contribution in [-0.2, 0) is 6.42 Å². The van der Waals surface area contributed by atoms with Gasteiger partial charge in [-0.3, -0.25) is 4.79 Å². The second-order valence-electron chi connectivity index (χ2n) is 5.04. The first kappa shape index (κ1) is 14.0. The maximum atomic E-state index is 12.4. The number of hydrogen-bond donors (Lipinski definition) is 1. The molecule has 2 N–H and O–H groups in total. The van der Waals surface area contributed by atoms with E-state index < -0.39 is 0 Å². The third kappa shape index (κ3) is 3.32. The maximum absolute atomic E-state index is 12.4. The highest BCUT2D eigenvalue weighted by Crippen LogP contribution is 2.19. The van der Waals surface area contributed by atoms with Crippen molar-refractivity contribution in [3.05, 3.63) is 35.4 Å². The zero-order chi connectivity index (χ0) is 13.8. The summed E-state index contributed by atoms with van der Waals surface area (Å²) in [4.78, 5) is 14.8. The molecule has 19 heavy (non-hydrogen) atoms. The van der Waals surface area contributed by atoms with Crippen LogP contribution in [0.5, 0.6) is 0 Å². The van der Waals surface area contributed by atoms with E-state index in [4.69, 9.17) is 18.0 Å². The Labute approximate surface area is 119 Å². The number of carbonyl (C=O) groups is 1. The number of benzene rings is 1. The number of aryl methyl sites for hydroxylation is 1. The highest BCUT2D eigenvalue weighted by Gasteiger charge is 2.25. The zero-order valence-electron chi connectivity index (χ0n) is 11.3. The van der Waals surface area contributed by atoms with Gasteiger partial charge in [-0.05, 0) is 37.0 Å². The largest absolute Gasteiger partial charge is 0.393 e. The van der Waals surface area contributed by atoms with Gasteiger partial charge in [0.1, 0.15) is 0 Å². The SMILES string of the molecule is CCc1ccc(C(=O)N2CCCC(C(N)=S)C2)cc1. The second-order valence-corrected chi connectivity index (χ2v) is 5.51. The van der Waals surface area contributed by atoms with Gasteiger partial charge in [-0.2, -0.15) is 0 Å². The molecule has 0 saturated carbocycles. The number of carbonyl (C=O) groups excluding carboxylic acids is 1. The maximum Gasteiger partial charge on any atom is 0.253 e. The summed E-state index contributed by atoms with van der Waals surface area (Å²) in [6.07, 6.45) is 2.95. The van der Waals surface area contributed by atoms with Gasteiger partial charge < -0.3 is 10.6 Å². The van der Waals surface area contributed by atoms with Crippen molar-refractivity contribution in [2.24, 2.45) is 11.7 Å². The molecule has 0 aromatic heterocycles. The van der Waals surface area contributed by atoms with E-state index in [2.05, 4.69) is 6.92 Å². The van der Waals surface area contributed by atoms with Crippen molar-refractivity contribution >= 4 is 23.1 Å². The standard InChI is InChI=1S/C15H20N2OS/c1-2-11-5-7-12(8-6-11)15(18)17-9-3-4-13(10-17)14(16)19/h5-8,13H,2-4,9-10H2,1H3,(H2,16,19). The quantitative estimate of drug-likeness (QED) is 0.862. The summed E-state index contributed by atoms with van der Waals surface area (Å²) < 4.78 is 0. The Hall–Kier alpha value is -1.42. The molecule has 1 aromatic carbocycles. The molecule has 0 aliphatic carbocycles. The molecule has 4 heteroatoms. The van der Waals surface area contributed by atoms with Crippen LogP contribution >= 0.6 is 12.2 Å². The Balaban J connectivity index is 2.07. The average Bonchev–Trinajstić information content (AvgIpc) is 2.46. The minimum absolute atomic E-state index is 0.0867. The van der Waals surface area contributed by atoms with Crippen LogP contribution in [0, 0.1) is 5.92 Å². The van der Waals surface area contributed by atoms with E-state index in [1.807, 2.05) is 29.2 Å². The highest BCUT2D eigenvalue weighted by molar-refractivity contribution is 7.80. The van der Waals surface area contributed by atoms with Crippen LogP contribution in [0.4, 0.5) is 0 Å². The molecule has 1 saturated heterocycles.